The molecule has 1 aliphatic rings. The van der Waals surface area contributed by atoms with Gasteiger partial charge in [-0.05, 0) is 44.0 Å². The van der Waals surface area contributed by atoms with Gasteiger partial charge in [0.15, 0.2) is 0 Å². The molecule has 0 spiro atoms. The summed E-state index contributed by atoms with van der Waals surface area (Å²) in [7, 11) is 0. The standard InChI is InChI=1S/C24H35N5O.ClH/c1-17-8-7-9-21(19(17)3)29-14-12-28(13-15-29)11-10-25-22(30)20-16-18(2)26-23(27-20)24(4,5)6;/h7-9,16H,10-15H2,1-6H3,(H,25,30);1H. The van der Waals surface area contributed by atoms with Crippen LogP contribution in [0.15, 0.2) is 24.3 Å². The number of anilines is 1. The van der Waals surface area contributed by atoms with Crippen LogP contribution in [-0.4, -0.2) is 60.0 Å². The molecule has 2 aromatic rings. The van der Waals surface area contributed by atoms with E-state index in [1.54, 1.807) is 6.07 Å². The van der Waals surface area contributed by atoms with Crippen LogP contribution in [0.4, 0.5) is 5.69 Å². The van der Waals surface area contributed by atoms with E-state index in [-0.39, 0.29) is 23.7 Å². The summed E-state index contributed by atoms with van der Waals surface area (Å²) in [5.74, 6) is 0.579. The predicted molar refractivity (Wildman–Crippen MR) is 130 cm³/mol. The van der Waals surface area contributed by atoms with Gasteiger partial charge in [0.1, 0.15) is 11.5 Å². The molecule has 0 atom stereocenters. The first-order valence-electron chi connectivity index (χ1n) is 10.8. The lowest BCUT2D eigenvalue weighted by molar-refractivity contribution is 0.0942. The molecule has 0 unspecified atom stereocenters. The summed E-state index contributed by atoms with van der Waals surface area (Å²) in [5, 5.41) is 3.03. The average Bonchev–Trinajstić information content (AvgIpc) is 2.69. The quantitative estimate of drug-likeness (QED) is 0.760. The molecular formula is C24H36ClN5O. The summed E-state index contributed by atoms with van der Waals surface area (Å²) in [5.41, 5.74) is 5.14. The van der Waals surface area contributed by atoms with Gasteiger partial charge in [0.05, 0.1) is 0 Å². The van der Waals surface area contributed by atoms with Crippen molar-refractivity contribution in [3.63, 3.8) is 0 Å². The molecule has 1 amide bonds. The van der Waals surface area contributed by atoms with E-state index < -0.39 is 0 Å². The van der Waals surface area contributed by atoms with E-state index in [0.717, 1.165) is 38.4 Å². The van der Waals surface area contributed by atoms with Crippen molar-refractivity contribution in [2.24, 2.45) is 0 Å². The number of piperazine rings is 1. The molecule has 0 bridgehead atoms. The molecule has 170 valence electrons. The van der Waals surface area contributed by atoms with Crippen LogP contribution in [0.25, 0.3) is 0 Å². The lowest BCUT2D eigenvalue weighted by Gasteiger charge is -2.37. The highest BCUT2D eigenvalue weighted by Crippen LogP contribution is 2.23. The van der Waals surface area contributed by atoms with Gasteiger partial charge in [0.25, 0.3) is 5.91 Å². The minimum Gasteiger partial charge on any atom is -0.369 e. The number of hydrogen-bond acceptors (Lipinski definition) is 5. The smallest absolute Gasteiger partial charge is 0.270 e. The van der Waals surface area contributed by atoms with Crippen LogP contribution in [-0.2, 0) is 5.41 Å². The second kappa shape index (κ2) is 10.4. The highest BCUT2D eigenvalue weighted by atomic mass is 35.5. The second-order valence-corrected chi connectivity index (χ2v) is 9.27. The molecule has 1 aliphatic heterocycles. The van der Waals surface area contributed by atoms with Crippen LogP contribution in [0.3, 0.4) is 0 Å². The monoisotopic (exact) mass is 445 g/mol. The maximum Gasteiger partial charge on any atom is 0.270 e. The molecule has 31 heavy (non-hydrogen) atoms. The zero-order chi connectivity index (χ0) is 21.9. The topological polar surface area (TPSA) is 61.4 Å². The van der Waals surface area contributed by atoms with Crippen molar-refractivity contribution >= 4 is 24.0 Å². The van der Waals surface area contributed by atoms with Crippen molar-refractivity contribution in [2.45, 2.75) is 47.0 Å². The maximum absolute atomic E-state index is 12.6. The molecule has 1 aromatic heterocycles. The number of amides is 1. The van der Waals surface area contributed by atoms with Crippen molar-refractivity contribution in [2.75, 3.05) is 44.2 Å². The van der Waals surface area contributed by atoms with Crippen molar-refractivity contribution in [1.29, 1.82) is 0 Å². The van der Waals surface area contributed by atoms with Gasteiger partial charge < -0.3 is 10.2 Å². The number of nitrogens with zero attached hydrogens (tertiary/aromatic N) is 4. The number of halogens is 1. The highest BCUT2D eigenvalue weighted by molar-refractivity contribution is 5.92. The zero-order valence-corrected chi connectivity index (χ0v) is 20.5. The van der Waals surface area contributed by atoms with Crippen LogP contribution in [0.5, 0.6) is 0 Å². The zero-order valence-electron chi connectivity index (χ0n) is 19.7. The molecule has 1 aromatic carbocycles. The van der Waals surface area contributed by atoms with E-state index >= 15 is 0 Å². The molecule has 3 rings (SSSR count). The van der Waals surface area contributed by atoms with Crippen molar-refractivity contribution in [1.82, 2.24) is 20.2 Å². The van der Waals surface area contributed by atoms with Gasteiger partial charge in [-0.25, -0.2) is 9.97 Å². The Bertz CT molecular complexity index is 901. The molecule has 2 heterocycles. The molecule has 0 saturated carbocycles. The van der Waals surface area contributed by atoms with E-state index in [1.165, 1.54) is 16.8 Å². The van der Waals surface area contributed by atoms with Crippen molar-refractivity contribution in [3.05, 3.63) is 52.6 Å². The van der Waals surface area contributed by atoms with E-state index in [2.05, 4.69) is 77.9 Å². The van der Waals surface area contributed by atoms with Crippen LogP contribution >= 0.6 is 12.4 Å². The van der Waals surface area contributed by atoms with Gasteiger partial charge in [-0.3, -0.25) is 9.69 Å². The summed E-state index contributed by atoms with van der Waals surface area (Å²) in [6.07, 6.45) is 0. The van der Waals surface area contributed by atoms with Gasteiger partial charge >= 0.3 is 0 Å². The van der Waals surface area contributed by atoms with E-state index in [4.69, 9.17) is 0 Å². The summed E-state index contributed by atoms with van der Waals surface area (Å²) in [6, 6.07) is 8.28. The number of carbonyl (C=O) groups excluding carboxylic acids is 1. The summed E-state index contributed by atoms with van der Waals surface area (Å²) in [4.78, 5) is 26.4. The summed E-state index contributed by atoms with van der Waals surface area (Å²) >= 11 is 0. The Hall–Kier alpha value is -2.18. The third-order valence-corrected chi connectivity index (χ3v) is 5.76. The number of rotatable bonds is 5. The fourth-order valence-electron chi connectivity index (χ4n) is 3.73. The third-order valence-electron chi connectivity index (χ3n) is 5.76. The third kappa shape index (κ3) is 6.40. The molecule has 1 fully saturated rings. The average molecular weight is 446 g/mol. The number of aryl methyl sites for hydroxylation is 2. The molecule has 7 heteroatoms. The minimum atomic E-state index is -0.184. The largest absolute Gasteiger partial charge is 0.369 e. The molecular weight excluding hydrogens is 410 g/mol. The first-order valence-corrected chi connectivity index (χ1v) is 10.8. The Morgan fingerprint density at radius 3 is 2.39 bits per heavy atom. The Kier molecular flexibility index (Phi) is 8.43. The number of carbonyl (C=O) groups is 1. The second-order valence-electron chi connectivity index (χ2n) is 9.27. The minimum absolute atomic E-state index is 0. The van der Waals surface area contributed by atoms with Crippen molar-refractivity contribution < 1.29 is 4.79 Å². The number of aromatic nitrogens is 2. The highest BCUT2D eigenvalue weighted by Gasteiger charge is 2.21. The van der Waals surface area contributed by atoms with Crippen LogP contribution in [0.2, 0.25) is 0 Å². The van der Waals surface area contributed by atoms with Crippen LogP contribution in [0, 0.1) is 20.8 Å². The number of nitrogens with one attached hydrogen (secondary N) is 1. The lowest BCUT2D eigenvalue weighted by atomic mass is 9.95. The first kappa shape index (κ1) is 25.1. The predicted octanol–water partition coefficient (Wildman–Crippen LogP) is 3.67. The van der Waals surface area contributed by atoms with E-state index in [0.29, 0.717) is 18.1 Å². The molecule has 6 nitrogen and oxygen atoms in total. The Labute approximate surface area is 192 Å². The van der Waals surface area contributed by atoms with Gasteiger partial charge in [0, 0.05) is 56.1 Å². The lowest BCUT2D eigenvalue weighted by Crippen LogP contribution is -2.48. The Morgan fingerprint density at radius 1 is 1.06 bits per heavy atom. The molecule has 1 N–H and O–H groups in total. The SMILES string of the molecule is Cc1cc(C(=O)NCCN2CCN(c3cccc(C)c3C)CC2)nc(C(C)(C)C)n1.Cl. The number of hydrogen-bond donors (Lipinski definition) is 1. The number of benzene rings is 1. The summed E-state index contributed by atoms with van der Waals surface area (Å²) < 4.78 is 0. The fourth-order valence-corrected chi connectivity index (χ4v) is 3.73. The molecule has 1 saturated heterocycles. The van der Waals surface area contributed by atoms with Gasteiger partial charge in [-0.15, -0.1) is 12.4 Å². The maximum atomic E-state index is 12.6. The van der Waals surface area contributed by atoms with Gasteiger partial charge in [-0.2, -0.15) is 0 Å². The first-order chi connectivity index (χ1) is 14.1. The molecule has 0 radical (unpaired) electrons. The van der Waals surface area contributed by atoms with E-state index in [1.807, 2.05) is 6.92 Å². The van der Waals surface area contributed by atoms with Gasteiger partial charge in [0.2, 0.25) is 0 Å². The van der Waals surface area contributed by atoms with Crippen molar-refractivity contribution in [3.8, 4) is 0 Å². The van der Waals surface area contributed by atoms with Gasteiger partial charge in [-0.1, -0.05) is 32.9 Å². The molecule has 0 aliphatic carbocycles. The fraction of sp³-hybridized carbons (Fsp3) is 0.542. The van der Waals surface area contributed by atoms with Crippen LogP contribution < -0.4 is 10.2 Å². The van der Waals surface area contributed by atoms with E-state index in [9.17, 15) is 4.79 Å². The normalized spacial score (nSPS) is 14.8. The Balaban J connectivity index is 0.00000341. The Morgan fingerprint density at radius 2 is 1.74 bits per heavy atom. The summed E-state index contributed by atoms with van der Waals surface area (Å²) in [6.45, 7) is 17.9. The van der Waals surface area contributed by atoms with Crippen LogP contribution in [0.1, 0.15) is 53.9 Å².